The zero-order valence-electron chi connectivity index (χ0n) is 32.2. The van der Waals surface area contributed by atoms with E-state index in [2.05, 4.69) is 19.9 Å². The van der Waals surface area contributed by atoms with Gasteiger partial charge in [-0.1, -0.05) is 174 Å². The van der Waals surface area contributed by atoms with Crippen LogP contribution in [0.4, 0.5) is 0 Å². The molecule has 7 heteroatoms. The number of esters is 2. The predicted molar refractivity (Wildman–Crippen MR) is 204 cm³/mol. The van der Waals surface area contributed by atoms with Crippen LogP contribution in [0.2, 0.25) is 0 Å². The van der Waals surface area contributed by atoms with Crippen LogP contribution in [-0.2, 0) is 19.1 Å². The SMILES string of the molecule is CCCCC/C=C\C[C@H](O)[C@@H](O)CCCCCCCC(=O)O[C@@H](CO)COC(=O)CCCCCCCCCCCCCCCCCCCC. The molecule has 0 saturated heterocycles. The summed E-state index contributed by atoms with van der Waals surface area (Å²) in [6.07, 6.45) is 35.8. The number of carbonyl (C=O) groups is 2. The van der Waals surface area contributed by atoms with Crippen molar-refractivity contribution in [1.82, 2.24) is 0 Å². The first-order valence-electron chi connectivity index (χ1n) is 20.9. The number of aliphatic hydroxyl groups is 3. The van der Waals surface area contributed by atoms with Crippen molar-refractivity contribution in [2.24, 2.45) is 0 Å². The van der Waals surface area contributed by atoms with Gasteiger partial charge >= 0.3 is 11.9 Å². The van der Waals surface area contributed by atoms with Gasteiger partial charge in [0.15, 0.2) is 6.10 Å². The van der Waals surface area contributed by atoms with Crippen LogP contribution >= 0.6 is 0 Å². The lowest BCUT2D eigenvalue weighted by atomic mass is 10.0. The summed E-state index contributed by atoms with van der Waals surface area (Å²) in [6.45, 7) is 3.97. The highest BCUT2D eigenvalue weighted by molar-refractivity contribution is 5.70. The van der Waals surface area contributed by atoms with Crippen molar-refractivity contribution in [2.45, 2.75) is 231 Å². The normalized spacial score (nSPS) is 13.5. The molecule has 0 aromatic rings. The Kier molecular flexibility index (Phi) is 36.7. The Morgan fingerprint density at radius 1 is 0.531 bits per heavy atom. The summed E-state index contributed by atoms with van der Waals surface area (Å²) in [6, 6.07) is 0. The molecule has 0 saturated carbocycles. The van der Waals surface area contributed by atoms with Crippen molar-refractivity contribution in [2.75, 3.05) is 13.2 Å². The van der Waals surface area contributed by atoms with Gasteiger partial charge in [-0.2, -0.15) is 0 Å². The van der Waals surface area contributed by atoms with Crippen LogP contribution in [0.15, 0.2) is 12.2 Å². The molecule has 0 radical (unpaired) electrons. The maximum absolute atomic E-state index is 12.2. The number of hydrogen-bond donors (Lipinski definition) is 3. The van der Waals surface area contributed by atoms with Gasteiger partial charge in [0.2, 0.25) is 0 Å². The molecule has 0 fully saturated rings. The summed E-state index contributed by atoms with van der Waals surface area (Å²) in [5.74, 6) is -0.692. The summed E-state index contributed by atoms with van der Waals surface area (Å²) in [7, 11) is 0. The van der Waals surface area contributed by atoms with Crippen LogP contribution < -0.4 is 0 Å². The van der Waals surface area contributed by atoms with E-state index in [-0.39, 0.29) is 31.6 Å². The molecule has 3 atom stereocenters. The fraction of sp³-hybridized carbons (Fsp3) is 0.905. The Balaban J connectivity index is 3.62. The van der Waals surface area contributed by atoms with Crippen LogP contribution in [0.25, 0.3) is 0 Å². The van der Waals surface area contributed by atoms with E-state index in [1.54, 1.807) is 0 Å². The second-order valence-electron chi connectivity index (χ2n) is 14.4. The molecule has 0 amide bonds. The number of aliphatic hydroxyl groups excluding tert-OH is 3. The van der Waals surface area contributed by atoms with Gasteiger partial charge in [0.1, 0.15) is 6.61 Å². The number of rotatable bonds is 38. The number of unbranched alkanes of at least 4 members (excludes halogenated alkanes) is 24. The maximum atomic E-state index is 12.2. The van der Waals surface area contributed by atoms with E-state index < -0.39 is 18.3 Å². The minimum Gasteiger partial charge on any atom is -0.462 e. The van der Waals surface area contributed by atoms with Crippen molar-refractivity contribution >= 4 is 11.9 Å². The molecule has 0 bridgehead atoms. The molecule has 0 unspecified atom stereocenters. The monoisotopic (exact) mass is 697 g/mol. The van der Waals surface area contributed by atoms with Gasteiger partial charge in [-0.3, -0.25) is 9.59 Å². The molecule has 0 aliphatic heterocycles. The lowest BCUT2D eigenvalue weighted by molar-refractivity contribution is -0.161. The summed E-state index contributed by atoms with van der Waals surface area (Å²) in [5.41, 5.74) is 0. The first-order chi connectivity index (χ1) is 23.9. The van der Waals surface area contributed by atoms with E-state index in [1.807, 2.05) is 6.08 Å². The van der Waals surface area contributed by atoms with Crippen LogP contribution in [0.5, 0.6) is 0 Å². The predicted octanol–water partition coefficient (Wildman–Crippen LogP) is 10.8. The number of carbonyl (C=O) groups excluding carboxylic acids is 2. The number of ether oxygens (including phenoxy) is 2. The second kappa shape index (κ2) is 37.8. The summed E-state index contributed by atoms with van der Waals surface area (Å²) >= 11 is 0. The van der Waals surface area contributed by atoms with E-state index in [1.165, 1.54) is 116 Å². The van der Waals surface area contributed by atoms with Crippen LogP contribution in [0.3, 0.4) is 0 Å². The molecule has 0 rings (SSSR count). The van der Waals surface area contributed by atoms with E-state index in [0.29, 0.717) is 25.7 Å². The molecule has 0 aliphatic rings. The summed E-state index contributed by atoms with van der Waals surface area (Å²) in [5, 5.41) is 29.9. The molecule has 0 aromatic heterocycles. The lowest BCUT2D eigenvalue weighted by Crippen LogP contribution is -2.28. The van der Waals surface area contributed by atoms with Crippen molar-refractivity contribution in [3.8, 4) is 0 Å². The highest BCUT2D eigenvalue weighted by atomic mass is 16.6. The van der Waals surface area contributed by atoms with Crippen LogP contribution in [-0.4, -0.2) is 58.8 Å². The topological polar surface area (TPSA) is 113 Å². The van der Waals surface area contributed by atoms with E-state index >= 15 is 0 Å². The molecule has 7 nitrogen and oxygen atoms in total. The van der Waals surface area contributed by atoms with Crippen molar-refractivity contribution in [3.63, 3.8) is 0 Å². The number of allylic oxidation sites excluding steroid dienone is 1. The van der Waals surface area contributed by atoms with Crippen molar-refractivity contribution in [1.29, 1.82) is 0 Å². The smallest absolute Gasteiger partial charge is 0.306 e. The maximum Gasteiger partial charge on any atom is 0.306 e. The first-order valence-corrected chi connectivity index (χ1v) is 20.9. The Hall–Kier alpha value is -1.44. The van der Waals surface area contributed by atoms with Gasteiger partial charge in [0.05, 0.1) is 18.8 Å². The van der Waals surface area contributed by atoms with Gasteiger partial charge in [0, 0.05) is 12.8 Å². The van der Waals surface area contributed by atoms with Gasteiger partial charge in [-0.25, -0.2) is 0 Å². The highest BCUT2D eigenvalue weighted by Gasteiger charge is 2.17. The standard InChI is InChI=1S/C42H80O7/c1-3-5-7-9-11-12-13-14-15-16-17-18-19-20-21-22-26-30-34-41(46)48-37-38(36-43)49-42(47)35-31-27-23-25-29-33-40(45)39(44)32-28-24-10-8-6-4-2/h24,28,38-40,43-45H,3-23,25-27,29-37H2,1-2H3/b28-24-/t38-,39-,40-/m0/s1. The second-order valence-corrected chi connectivity index (χ2v) is 14.4. The van der Waals surface area contributed by atoms with Crippen LogP contribution in [0, 0.1) is 0 Å². The molecule has 290 valence electrons. The molecule has 49 heavy (non-hydrogen) atoms. The molecule has 0 aliphatic carbocycles. The Morgan fingerprint density at radius 3 is 1.45 bits per heavy atom. The molecule has 0 heterocycles. The van der Waals surface area contributed by atoms with E-state index in [9.17, 15) is 24.9 Å². The highest BCUT2D eigenvalue weighted by Crippen LogP contribution is 2.16. The lowest BCUT2D eigenvalue weighted by Gasteiger charge is -2.16. The fourth-order valence-corrected chi connectivity index (χ4v) is 6.17. The number of hydrogen-bond acceptors (Lipinski definition) is 7. The average Bonchev–Trinajstić information content (AvgIpc) is 3.10. The molecular weight excluding hydrogens is 616 g/mol. The van der Waals surface area contributed by atoms with E-state index in [4.69, 9.17) is 9.47 Å². The average molecular weight is 697 g/mol. The third kappa shape index (κ3) is 34.8. The van der Waals surface area contributed by atoms with Gasteiger partial charge in [0.25, 0.3) is 0 Å². The third-order valence-corrected chi connectivity index (χ3v) is 9.51. The zero-order chi connectivity index (χ0) is 36.0. The Labute approximate surface area is 302 Å². The third-order valence-electron chi connectivity index (χ3n) is 9.51. The van der Waals surface area contributed by atoms with E-state index in [0.717, 1.165) is 51.4 Å². The minimum absolute atomic E-state index is 0.108. The fourth-order valence-electron chi connectivity index (χ4n) is 6.17. The summed E-state index contributed by atoms with van der Waals surface area (Å²) < 4.78 is 10.6. The van der Waals surface area contributed by atoms with Gasteiger partial charge < -0.3 is 24.8 Å². The minimum atomic E-state index is -0.823. The quantitative estimate of drug-likeness (QED) is 0.0334. The largest absolute Gasteiger partial charge is 0.462 e. The first kappa shape index (κ1) is 47.6. The molecule has 0 spiro atoms. The zero-order valence-corrected chi connectivity index (χ0v) is 32.2. The van der Waals surface area contributed by atoms with Gasteiger partial charge in [-0.05, 0) is 38.5 Å². The molecule has 3 N–H and O–H groups in total. The van der Waals surface area contributed by atoms with Crippen molar-refractivity contribution in [3.05, 3.63) is 12.2 Å². The molecule has 0 aromatic carbocycles. The summed E-state index contributed by atoms with van der Waals surface area (Å²) in [4.78, 5) is 24.3. The Morgan fingerprint density at radius 2 is 0.959 bits per heavy atom. The van der Waals surface area contributed by atoms with Gasteiger partial charge in [-0.15, -0.1) is 0 Å². The molecular formula is C42H80O7. The Bertz CT molecular complexity index is 741. The van der Waals surface area contributed by atoms with Crippen LogP contribution in [0.1, 0.15) is 213 Å². The van der Waals surface area contributed by atoms with Crippen molar-refractivity contribution < 1.29 is 34.4 Å².